The number of nitrogens with two attached hydrogens (primary N) is 1. The van der Waals surface area contributed by atoms with Gasteiger partial charge in [0, 0.05) is 17.3 Å². The first kappa shape index (κ1) is 9.17. The fourth-order valence-corrected chi connectivity index (χ4v) is 1.78. The van der Waals surface area contributed by atoms with Crippen molar-refractivity contribution in [3.05, 3.63) is 29.0 Å². The minimum Gasteiger partial charge on any atom is -0.300 e. The average molecular weight is 209 g/mol. The molecule has 0 aliphatic carbocycles. The van der Waals surface area contributed by atoms with E-state index in [2.05, 4.69) is 15.5 Å². The van der Waals surface area contributed by atoms with Gasteiger partial charge >= 0.3 is 0 Å². The number of aryl methyl sites for hydroxylation is 1. The molecule has 0 saturated carbocycles. The van der Waals surface area contributed by atoms with Crippen LogP contribution in [0.3, 0.4) is 0 Å². The summed E-state index contributed by atoms with van der Waals surface area (Å²) in [4.78, 5) is 4.27. The third kappa shape index (κ3) is 1.75. The predicted molar refractivity (Wildman–Crippen MR) is 56.0 cm³/mol. The van der Waals surface area contributed by atoms with Crippen LogP contribution in [0.2, 0.25) is 0 Å². The van der Waals surface area contributed by atoms with E-state index in [9.17, 15) is 0 Å². The molecule has 0 unspecified atom stereocenters. The Bertz CT molecular complexity index is 419. The molecule has 0 radical (unpaired) electrons. The van der Waals surface area contributed by atoms with Crippen molar-refractivity contribution in [3.63, 3.8) is 0 Å². The summed E-state index contributed by atoms with van der Waals surface area (Å²) in [6, 6.07) is 1.97. The summed E-state index contributed by atoms with van der Waals surface area (Å²) in [7, 11) is 0. The number of rotatable bonds is 3. The fourth-order valence-electron chi connectivity index (χ4n) is 1.16. The van der Waals surface area contributed by atoms with Gasteiger partial charge < -0.3 is 0 Å². The quantitative estimate of drug-likeness (QED) is 0.584. The number of hydrogen-bond acceptors (Lipinski definition) is 5. The molecule has 6 heteroatoms. The summed E-state index contributed by atoms with van der Waals surface area (Å²) in [5.41, 5.74) is 4.61. The van der Waals surface area contributed by atoms with E-state index in [4.69, 9.17) is 5.84 Å². The molecule has 5 nitrogen and oxygen atoms in total. The van der Waals surface area contributed by atoms with Crippen LogP contribution >= 0.6 is 11.3 Å². The van der Waals surface area contributed by atoms with Crippen molar-refractivity contribution in [2.24, 2.45) is 5.84 Å². The maximum Gasteiger partial charge on any atom is 0.197 e. The zero-order chi connectivity index (χ0) is 9.97. The molecule has 2 aromatic rings. The zero-order valence-corrected chi connectivity index (χ0v) is 8.58. The number of hydrazine groups is 1. The second kappa shape index (κ2) is 3.77. The largest absolute Gasteiger partial charge is 0.300 e. The molecule has 0 atom stereocenters. The molecular formula is C8H11N5S. The summed E-state index contributed by atoms with van der Waals surface area (Å²) < 4.78 is 1.90. The van der Waals surface area contributed by atoms with Gasteiger partial charge in [0.25, 0.3) is 0 Å². The molecule has 0 saturated heterocycles. The molecule has 2 rings (SSSR count). The van der Waals surface area contributed by atoms with Gasteiger partial charge in [-0.3, -0.25) is 10.1 Å². The zero-order valence-electron chi connectivity index (χ0n) is 7.77. The molecule has 3 N–H and O–H groups in total. The highest BCUT2D eigenvalue weighted by molar-refractivity contribution is 7.13. The molecule has 14 heavy (non-hydrogen) atoms. The molecule has 2 heterocycles. The first-order valence-electron chi connectivity index (χ1n) is 4.19. The van der Waals surface area contributed by atoms with Crippen molar-refractivity contribution >= 4 is 16.5 Å². The lowest BCUT2D eigenvalue weighted by atomic mass is 10.4. The Morgan fingerprint density at radius 2 is 2.50 bits per heavy atom. The molecular weight excluding hydrogens is 198 g/mol. The monoisotopic (exact) mass is 209 g/mol. The van der Waals surface area contributed by atoms with Crippen molar-refractivity contribution in [1.29, 1.82) is 0 Å². The third-order valence-corrected chi connectivity index (χ3v) is 2.74. The summed E-state index contributed by atoms with van der Waals surface area (Å²) >= 11 is 1.49. The average Bonchev–Trinajstić information content (AvgIpc) is 2.77. The fraction of sp³-hybridized carbons (Fsp3) is 0.250. The normalized spacial score (nSPS) is 10.4. The van der Waals surface area contributed by atoms with E-state index in [1.807, 2.05) is 23.1 Å². The Morgan fingerprint density at radius 3 is 3.07 bits per heavy atom. The van der Waals surface area contributed by atoms with E-state index in [1.165, 1.54) is 11.3 Å². The van der Waals surface area contributed by atoms with Crippen LogP contribution in [0.25, 0.3) is 0 Å². The van der Waals surface area contributed by atoms with Crippen molar-refractivity contribution in [3.8, 4) is 0 Å². The lowest BCUT2D eigenvalue weighted by Crippen LogP contribution is -2.07. The number of hydrogen-bond donors (Lipinski definition) is 2. The number of aromatic nitrogens is 3. The number of thiazole rings is 1. The molecule has 0 aromatic carbocycles. The standard InChI is InChI=1S/C8H11N5S/c1-6-2-3-10-13(6)4-7-5-14-8(11-7)12-9/h2-3,5H,4,9H2,1H3,(H,11,12). The number of nitrogens with zero attached hydrogens (tertiary/aromatic N) is 3. The Labute approximate surface area is 85.5 Å². The highest BCUT2D eigenvalue weighted by Gasteiger charge is 2.03. The van der Waals surface area contributed by atoms with Gasteiger partial charge in [0.15, 0.2) is 5.13 Å². The Hall–Kier alpha value is -1.40. The van der Waals surface area contributed by atoms with E-state index in [-0.39, 0.29) is 0 Å². The van der Waals surface area contributed by atoms with Gasteiger partial charge in [0.1, 0.15) is 0 Å². The van der Waals surface area contributed by atoms with Gasteiger partial charge in [-0.25, -0.2) is 10.8 Å². The summed E-state index contributed by atoms with van der Waals surface area (Å²) in [6.07, 6.45) is 1.78. The molecule has 0 fully saturated rings. The van der Waals surface area contributed by atoms with Crippen LogP contribution in [0, 0.1) is 6.92 Å². The van der Waals surface area contributed by atoms with Gasteiger partial charge in [0.2, 0.25) is 0 Å². The highest BCUT2D eigenvalue weighted by atomic mass is 32.1. The van der Waals surface area contributed by atoms with Crippen LogP contribution in [-0.2, 0) is 6.54 Å². The Balaban J connectivity index is 2.15. The van der Waals surface area contributed by atoms with Gasteiger partial charge in [0.05, 0.1) is 12.2 Å². The molecule has 2 aromatic heterocycles. The van der Waals surface area contributed by atoms with Gasteiger partial charge in [-0.15, -0.1) is 11.3 Å². The topological polar surface area (TPSA) is 68.8 Å². The maximum atomic E-state index is 5.24. The SMILES string of the molecule is Cc1ccnn1Cc1csc(NN)n1. The first-order valence-corrected chi connectivity index (χ1v) is 5.07. The first-order chi connectivity index (χ1) is 6.79. The smallest absolute Gasteiger partial charge is 0.197 e. The van der Waals surface area contributed by atoms with Gasteiger partial charge in [-0.1, -0.05) is 0 Å². The van der Waals surface area contributed by atoms with Crippen LogP contribution in [0.5, 0.6) is 0 Å². The van der Waals surface area contributed by atoms with Gasteiger partial charge in [-0.2, -0.15) is 5.10 Å². The van der Waals surface area contributed by atoms with Crippen molar-refractivity contribution in [1.82, 2.24) is 14.8 Å². The van der Waals surface area contributed by atoms with Crippen LogP contribution < -0.4 is 11.3 Å². The van der Waals surface area contributed by atoms with Crippen molar-refractivity contribution in [2.75, 3.05) is 5.43 Å². The van der Waals surface area contributed by atoms with Crippen LogP contribution in [-0.4, -0.2) is 14.8 Å². The van der Waals surface area contributed by atoms with Gasteiger partial charge in [-0.05, 0) is 13.0 Å². The summed E-state index contributed by atoms with van der Waals surface area (Å²) in [5, 5.41) is 6.87. The molecule has 0 aliphatic rings. The van der Waals surface area contributed by atoms with E-state index in [1.54, 1.807) is 6.20 Å². The summed E-state index contributed by atoms with van der Waals surface area (Å²) in [6.45, 7) is 2.71. The third-order valence-electron chi connectivity index (χ3n) is 1.92. The molecule has 0 bridgehead atoms. The van der Waals surface area contributed by atoms with E-state index >= 15 is 0 Å². The minimum absolute atomic E-state index is 0.691. The second-order valence-corrected chi connectivity index (χ2v) is 3.78. The number of anilines is 1. The minimum atomic E-state index is 0.691. The van der Waals surface area contributed by atoms with Crippen LogP contribution in [0.1, 0.15) is 11.4 Å². The van der Waals surface area contributed by atoms with E-state index in [0.717, 1.165) is 16.5 Å². The summed E-state index contributed by atoms with van der Waals surface area (Å²) in [5.74, 6) is 5.24. The Kier molecular flexibility index (Phi) is 2.47. The highest BCUT2D eigenvalue weighted by Crippen LogP contribution is 2.14. The lowest BCUT2D eigenvalue weighted by molar-refractivity contribution is 0.655. The lowest BCUT2D eigenvalue weighted by Gasteiger charge is -2.00. The number of nitrogen functional groups attached to an aromatic ring is 1. The van der Waals surface area contributed by atoms with E-state index < -0.39 is 0 Å². The van der Waals surface area contributed by atoms with Crippen molar-refractivity contribution < 1.29 is 0 Å². The Morgan fingerprint density at radius 1 is 1.64 bits per heavy atom. The molecule has 0 aliphatic heterocycles. The molecule has 0 amide bonds. The second-order valence-electron chi connectivity index (χ2n) is 2.92. The van der Waals surface area contributed by atoms with Crippen LogP contribution in [0.15, 0.2) is 17.6 Å². The number of nitrogens with one attached hydrogen (secondary N) is 1. The maximum absolute atomic E-state index is 5.24. The molecule has 74 valence electrons. The van der Waals surface area contributed by atoms with Crippen LogP contribution in [0.4, 0.5) is 5.13 Å². The molecule has 0 spiro atoms. The van der Waals surface area contributed by atoms with Crippen molar-refractivity contribution in [2.45, 2.75) is 13.5 Å². The predicted octanol–water partition coefficient (Wildman–Crippen LogP) is 0.982. The van der Waals surface area contributed by atoms with E-state index in [0.29, 0.717) is 6.54 Å².